The number of morpholine rings is 1. The van der Waals surface area contributed by atoms with Crippen molar-refractivity contribution in [2.45, 2.75) is 0 Å². The van der Waals surface area contributed by atoms with Crippen molar-refractivity contribution in [3.63, 3.8) is 0 Å². The number of hydrogen-bond donors (Lipinski definition) is 1. The summed E-state index contributed by atoms with van der Waals surface area (Å²) in [7, 11) is 1.63. The van der Waals surface area contributed by atoms with Gasteiger partial charge in [0.15, 0.2) is 0 Å². The van der Waals surface area contributed by atoms with Crippen molar-refractivity contribution in [2.75, 3.05) is 38.3 Å². The van der Waals surface area contributed by atoms with E-state index in [-0.39, 0.29) is 5.75 Å². The summed E-state index contributed by atoms with van der Waals surface area (Å²) in [5.41, 5.74) is 2.39. The Hall–Kier alpha value is -2.24. The number of nitrogens with zero attached hydrogens (tertiary/aromatic N) is 2. The van der Waals surface area contributed by atoms with Crippen molar-refractivity contribution in [1.82, 2.24) is 0 Å². The van der Waals surface area contributed by atoms with Gasteiger partial charge in [0.05, 0.1) is 20.3 Å². The molecular weight excluding hydrogens is 328 g/mol. The number of aliphatic imine (C=N–C) groups is 1. The molecule has 0 amide bonds. The third-order valence-electron chi connectivity index (χ3n) is 3.87. The fourth-order valence-corrected chi connectivity index (χ4v) is 2.74. The van der Waals surface area contributed by atoms with Gasteiger partial charge in [0.1, 0.15) is 17.2 Å². The Kier molecular flexibility index (Phi) is 5.23. The molecule has 6 heteroatoms. The molecular formula is C18H19ClN2O3. The van der Waals surface area contributed by atoms with Crippen LogP contribution in [0.25, 0.3) is 0 Å². The standard InChI is InChI=1S/C18H19ClN2O3/c1-23-18-11-15(21-6-8-24-9-7-21)4-2-13(18)12-20-16-5-3-14(19)10-17(16)22/h2-5,10-12,22H,6-9H2,1H3. The Labute approximate surface area is 146 Å². The number of anilines is 1. The highest BCUT2D eigenvalue weighted by molar-refractivity contribution is 6.30. The van der Waals surface area contributed by atoms with E-state index < -0.39 is 0 Å². The highest BCUT2D eigenvalue weighted by atomic mass is 35.5. The molecule has 0 unspecified atom stereocenters. The second-order valence-corrected chi connectivity index (χ2v) is 5.85. The molecule has 1 heterocycles. The van der Waals surface area contributed by atoms with Crippen LogP contribution in [0.15, 0.2) is 41.4 Å². The lowest BCUT2D eigenvalue weighted by Crippen LogP contribution is -2.36. The molecule has 2 aromatic rings. The van der Waals surface area contributed by atoms with Gasteiger partial charge in [-0.2, -0.15) is 0 Å². The highest BCUT2D eigenvalue weighted by Gasteiger charge is 2.13. The molecule has 1 fully saturated rings. The molecule has 2 aromatic carbocycles. The van der Waals surface area contributed by atoms with Crippen LogP contribution in [0.2, 0.25) is 5.02 Å². The Morgan fingerprint density at radius 1 is 1.21 bits per heavy atom. The summed E-state index contributed by atoms with van der Waals surface area (Å²) < 4.78 is 10.9. The molecule has 0 bridgehead atoms. The zero-order valence-electron chi connectivity index (χ0n) is 13.4. The van der Waals surface area contributed by atoms with Crippen molar-refractivity contribution >= 4 is 29.2 Å². The quantitative estimate of drug-likeness (QED) is 0.859. The number of rotatable bonds is 4. The molecule has 24 heavy (non-hydrogen) atoms. The minimum Gasteiger partial charge on any atom is -0.506 e. The predicted octanol–water partition coefficient (Wildman–Crippen LogP) is 3.64. The van der Waals surface area contributed by atoms with Gasteiger partial charge >= 0.3 is 0 Å². The Bertz CT molecular complexity index is 743. The monoisotopic (exact) mass is 346 g/mol. The Balaban J connectivity index is 1.83. The molecule has 126 valence electrons. The van der Waals surface area contributed by atoms with E-state index in [2.05, 4.69) is 9.89 Å². The van der Waals surface area contributed by atoms with Crippen molar-refractivity contribution in [1.29, 1.82) is 0 Å². The molecule has 0 radical (unpaired) electrons. The zero-order chi connectivity index (χ0) is 16.9. The molecule has 5 nitrogen and oxygen atoms in total. The second kappa shape index (κ2) is 7.55. The van der Waals surface area contributed by atoms with Gasteiger partial charge in [0.25, 0.3) is 0 Å². The van der Waals surface area contributed by atoms with Crippen LogP contribution in [0.5, 0.6) is 11.5 Å². The summed E-state index contributed by atoms with van der Waals surface area (Å²) >= 11 is 5.83. The molecule has 0 spiro atoms. The number of phenolic OH excluding ortho intramolecular Hbond substituents is 1. The van der Waals surface area contributed by atoms with Gasteiger partial charge in [-0.25, -0.2) is 0 Å². The number of hydrogen-bond acceptors (Lipinski definition) is 5. The van der Waals surface area contributed by atoms with E-state index in [0.717, 1.165) is 43.3 Å². The number of methoxy groups -OCH3 is 1. The maximum Gasteiger partial charge on any atom is 0.142 e. The lowest BCUT2D eigenvalue weighted by molar-refractivity contribution is 0.122. The van der Waals surface area contributed by atoms with E-state index in [0.29, 0.717) is 10.7 Å². The van der Waals surface area contributed by atoms with Crippen LogP contribution in [-0.4, -0.2) is 44.7 Å². The summed E-state index contributed by atoms with van der Waals surface area (Å²) in [5.74, 6) is 0.777. The first kappa shape index (κ1) is 16.6. The van der Waals surface area contributed by atoms with Crippen molar-refractivity contribution in [3.8, 4) is 11.5 Å². The third-order valence-corrected chi connectivity index (χ3v) is 4.11. The van der Waals surface area contributed by atoms with Crippen LogP contribution in [0.3, 0.4) is 0 Å². The first-order valence-electron chi connectivity index (χ1n) is 7.70. The average molecular weight is 347 g/mol. The number of benzene rings is 2. The number of aromatic hydroxyl groups is 1. The number of halogens is 1. The molecule has 1 aliphatic rings. The van der Waals surface area contributed by atoms with Gasteiger partial charge in [-0.1, -0.05) is 11.6 Å². The minimum absolute atomic E-state index is 0.0441. The molecule has 0 saturated carbocycles. The number of phenols is 1. The van der Waals surface area contributed by atoms with E-state index >= 15 is 0 Å². The fourth-order valence-electron chi connectivity index (χ4n) is 2.57. The van der Waals surface area contributed by atoms with Gasteiger partial charge in [-0.05, 0) is 24.3 Å². The van der Waals surface area contributed by atoms with E-state index in [1.54, 1.807) is 25.5 Å². The topological polar surface area (TPSA) is 54.3 Å². The average Bonchev–Trinajstić information content (AvgIpc) is 2.61. The largest absolute Gasteiger partial charge is 0.506 e. The lowest BCUT2D eigenvalue weighted by Gasteiger charge is -2.29. The van der Waals surface area contributed by atoms with E-state index in [1.807, 2.05) is 18.2 Å². The molecule has 1 saturated heterocycles. The summed E-state index contributed by atoms with van der Waals surface area (Å²) in [4.78, 5) is 6.58. The fraction of sp³-hybridized carbons (Fsp3) is 0.278. The Morgan fingerprint density at radius 3 is 2.71 bits per heavy atom. The van der Waals surface area contributed by atoms with Crippen molar-refractivity contribution in [2.24, 2.45) is 4.99 Å². The molecule has 3 rings (SSSR count). The van der Waals surface area contributed by atoms with Crippen molar-refractivity contribution < 1.29 is 14.6 Å². The second-order valence-electron chi connectivity index (χ2n) is 5.42. The minimum atomic E-state index is 0.0441. The maximum absolute atomic E-state index is 9.86. The van der Waals surface area contributed by atoms with Gasteiger partial charge in [0.2, 0.25) is 0 Å². The van der Waals surface area contributed by atoms with Gasteiger partial charge in [-0.15, -0.1) is 0 Å². The normalized spacial score (nSPS) is 15.0. The molecule has 0 aliphatic carbocycles. The van der Waals surface area contributed by atoms with Crippen LogP contribution < -0.4 is 9.64 Å². The van der Waals surface area contributed by atoms with Crippen LogP contribution >= 0.6 is 11.6 Å². The summed E-state index contributed by atoms with van der Waals surface area (Å²) in [6.07, 6.45) is 1.67. The first-order chi connectivity index (χ1) is 11.7. The molecule has 1 N–H and O–H groups in total. The smallest absolute Gasteiger partial charge is 0.142 e. The van der Waals surface area contributed by atoms with Gasteiger partial charge in [-0.3, -0.25) is 4.99 Å². The molecule has 1 aliphatic heterocycles. The van der Waals surface area contributed by atoms with Gasteiger partial charge in [0, 0.05) is 47.7 Å². The van der Waals surface area contributed by atoms with Crippen LogP contribution in [-0.2, 0) is 4.74 Å². The van der Waals surface area contributed by atoms with E-state index in [1.165, 1.54) is 6.07 Å². The number of ether oxygens (including phenoxy) is 2. The lowest BCUT2D eigenvalue weighted by atomic mass is 10.1. The molecule has 0 aromatic heterocycles. The zero-order valence-corrected chi connectivity index (χ0v) is 14.2. The van der Waals surface area contributed by atoms with E-state index in [9.17, 15) is 5.11 Å². The predicted molar refractivity (Wildman–Crippen MR) is 96.4 cm³/mol. The van der Waals surface area contributed by atoms with Gasteiger partial charge < -0.3 is 19.5 Å². The Morgan fingerprint density at radius 2 is 2.00 bits per heavy atom. The van der Waals surface area contributed by atoms with Crippen LogP contribution in [0.4, 0.5) is 11.4 Å². The SMILES string of the molecule is COc1cc(N2CCOCC2)ccc1C=Nc1ccc(Cl)cc1O. The van der Waals surface area contributed by atoms with Crippen LogP contribution in [0, 0.1) is 0 Å². The van der Waals surface area contributed by atoms with Crippen LogP contribution in [0.1, 0.15) is 5.56 Å². The maximum atomic E-state index is 9.86. The van der Waals surface area contributed by atoms with E-state index in [4.69, 9.17) is 21.1 Å². The summed E-state index contributed by atoms with van der Waals surface area (Å²) in [6.45, 7) is 3.22. The highest BCUT2D eigenvalue weighted by Crippen LogP contribution is 2.30. The molecule has 0 atom stereocenters. The third kappa shape index (κ3) is 3.80. The summed E-state index contributed by atoms with van der Waals surface area (Å²) in [6, 6.07) is 10.8. The first-order valence-corrected chi connectivity index (χ1v) is 8.08. The van der Waals surface area contributed by atoms with Crippen molar-refractivity contribution in [3.05, 3.63) is 47.0 Å². The summed E-state index contributed by atoms with van der Waals surface area (Å²) in [5, 5.41) is 10.3.